The minimum atomic E-state index is 0.216. The molecule has 0 aliphatic carbocycles. The first-order chi connectivity index (χ1) is 9.08. The van der Waals surface area contributed by atoms with E-state index in [9.17, 15) is 4.79 Å². The lowest BCUT2D eigenvalue weighted by Crippen LogP contribution is -2.44. The first kappa shape index (κ1) is 16.4. The van der Waals surface area contributed by atoms with Gasteiger partial charge >= 0.3 is 0 Å². The van der Waals surface area contributed by atoms with Crippen LogP contribution in [0.25, 0.3) is 0 Å². The lowest BCUT2D eigenvalue weighted by molar-refractivity contribution is -0.122. The molecule has 0 spiro atoms. The molecule has 4 heteroatoms. The Balaban J connectivity index is 2.00. The Morgan fingerprint density at radius 3 is 2.58 bits per heavy atom. The van der Waals surface area contributed by atoms with Gasteiger partial charge in [0.05, 0.1) is 0 Å². The summed E-state index contributed by atoms with van der Waals surface area (Å²) in [5, 5.41) is 6.39. The first-order valence-electron chi connectivity index (χ1n) is 7.77. The molecule has 19 heavy (non-hydrogen) atoms. The Bertz CT molecular complexity index is 250. The second-order valence-corrected chi connectivity index (χ2v) is 6.23. The summed E-state index contributed by atoms with van der Waals surface area (Å²) in [4.78, 5) is 14.2. The van der Waals surface area contributed by atoms with Crippen LogP contribution in [-0.4, -0.2) is 50.1 Å². The van der Waals surface area contributed by atoms with Crippen LogP contribution in [-0.2, 0) is 4.79 Å². The summed E-state index contributed by atoms with van der Waals surface area (Å²) in [7, 11) is 0. The van der Waals surface area contributed by atoms with E-state index >= 15 is 0 Å². The van der Waals surface area contributed by atoms with Crippen LogP contribution in [0.3, 0.4) is 0 Å². The maximum atomic E-state index is 11.8. The van der Waals surface area contributed by atoms with Crippen molar-refractivity contribution < 1.29 is 4.79 Å². The highest BCUT2D eigenvalue weighted by Crippen LogP contribution is 2.14. The summed E-state index contributed by atoms with van der Waals surface area (Å²) >= 11 is 0. The Hall–Kier alpha value is -0.610. The molecule has 2 N–H and O–H groups in total. The van der Waals surface area contributed by atoms with Gasteiger partial charge in [-0.05, 0) is 31.2 Å². The number of piperazine rings is 1. The molecule has 1 aliphatic heterocycles. The second kappa shape index (κ2) is 9.32. The van der Waals surface area contributed by atoms with Gasteiger partial charge in [0.1, 0.15) is 0 Å². The van der Waals surface area contributed by atoms with E-state index in [0.717, 1.165) is 52.1 Å². The molecule has 1 fully saturated rings. The zero-order chi connectivity index (χ0) is 14.1. The van der Waals surface area contributed by atoms with Crippen molar-refractivity contribution in [1.82, 2.24) is 15.5 Å². The van der Waals surface area contributed by atoms with Gasteiger partial charge in [-0.2, -0.15) is 0 Å². The van der Waals surface area contributed by atoms with Gasteiger partial charge < -0.3 is 15.5 Å². The summed E-state index contributed by atoms with van der Waals surface area (Å²) in [5.41, 5.74) is 0. The molecule has 1 aliphatic rings. The van der Waals surface area contributed by atoms with Crippen LogP contribution >= 0.6 is 0 Å². The van der Waals surface area contributed by atoms with Crippen LogP contribution in [0.4, 0.5) is 0 Å². The highest BCUT2D eigenvalue weighted by Gasteiger charge is 2.11. The molecule has 0 bridgehead atoms. The normalized spacial score (nSPS) is 18.5. The fraction of sp³-hybridized carbons (Fsp3) is 0.933. The number of hydrogen-bond acceptors (Lipinski definition) is 3. The van der Waals surface area contributed by atoms with Crippen LogP contribution < -0.4 is 10.6 Å². The Morgan fingerprint density at radius 2 is 1.95 bits per heavy atom. The maximum Gasteiger partial charge on any atom is 0.220 e. The summed E-state index contributed by atoms with van der Waals surface area (Å²) in [5.74, 6) is 1.39. The Labute approximate surface area is 118 Å². The number of rotatable bonds is 8. The molecule has 0 aromatic carbocycles. The van der Waals surface area contributed by atoms with Gasteiger partial charge in [-0.1, -0.05) is 20.8 Å². The van der Waals surface area contributed by atoms with Crippen molar-refractivity contribution in [2.45, 2.75) is 40.0 Å². The molecule has 0 aromatic heterocycles. The van der Waals surface area contributed by atoms with E-state index in [4.69, 9.17) is 0 Å². The molecule has 1 unspecified atom stereocenters. The van der Waals surface area contributed by atoms with Crippen molar-refractivity contribution in [3.63, 3.8) is 0 Å². The second-order valence-electron chi connectivity index (χ2n) is 6.23. The van der Waals surface area contributed by atoms with Crippen LogP contribution in [0.2, 0.25) is 0 Å². The molecule has 0 radical (unpaired) electrons. The van der Waals surface area contributed by atoms with Crippen molar-refractivity contribution in [3.05, 3.63) is 0 Å². The molecule has 0 aromatic rings. The summed E-state index contributed by atoms with van der Waals surface area (Å²) in [6, 6.07) is 0. The van der Waals surface area contributed by atoms with Crippen molar-refractivity contribution in [3.8, 4) is 0 Å². The average molecular weight is 269 g/mol. The highest BCUT2D eigenvalue weighted by atomic mass is 16.1. The van der Waals surface area contributed by atoms with Gasteiger partial charge in [0, 0.05) is 39.1 Å². The standard InChI is InChI=1S/C15H31N3O/c1-13(2)11-14(3)12-15(19)17-5-4-8-18-9-6-16-7-10-18/h13-14,16H,4-12H2,1-3H3,(H,17,19). The Kier molecular flexibility index (Phi) is 8.07. The quantitative estimate of drug-likeness (QED) is 0.656. The molecule has 1 atom stereocenters. The predicted octanol–water partition coefficient (Wildman–Crippen LogP) is 1.47. The maximum absolute atomic E-state index is 11.8. The molecule has 1 amide bonds. The molecular formula is C15H31N3O. The molecule has 1 rings (SSSR count). The van der Waals surface area contributed by atoms with E-state index in [1.54, 1.807) is 0 Å². The van der Waals surface area contributed by atoms with E-state index in [2.05, 4.69) is 36.3 Å². The third-order valence-corrected chi connectivity index (χ3v) is 3.59. The molecular weight excluding hydrogens is 238 g/mol. The minimum Gasteiger partial charge on any atom is -0.356 e. The van der Waals surface area contributed by atoms with Crippen molar-refractivity contribution >= 4 is 5.91 Å². The molecule has 112 valence electrons. The van der Waals surface area contributed by atoms with Gasteiger partial charge in [0.25, 0.3) is 0 Å². The predicted molar refractivity (Wildman–Crippen MR) is 80.2 cm³/mol. The van der Waals surface area contributed by atoms with Gasteiger partial charge in [0.2, 0.25) is 5.91 Å². The topological polar surface area (TPSA) is 44.4 Å². The van der Waals surface area contributed by atoms with Gasteiger partial charge in [-0.25, -0.2) is 0 Å². The highest BCUT2D eigenvalue weighted by molar-refractivity contribution is 5.76. The van der Waals surface area contributed by atoms with Crippen molar-refractivity contribution in [2.75, 3.05) is 39.3 Å². The zero-order valence-electron chi connectivity index (χ0n) is 12.9. The van der Waals surface area contributed by atoms with E-state index in [1.807, 2.05) is 0 Å². The average Bonchev–Trinajstić information content (AvgIpc) is 2.35. The number of hydrogen-bond donors (Lipinski definition) is 2. The smallest absolute Gasteiger partial charge is 0.220 e. The summed E-state index contributed by atoms with van der Waals surface area (Å²) in [6.07, 6.45) is 2.87. The van der Waals surface area contributed by atoms with E-state index in [0.29, 0.717) is 18.3 Å². The fourth-order valence-corrected chi connectivity index (χ4v) is 2.74. The van der Waals surface area contributed by atoms with Crippen LogP contribution in [0.5, 0.6) is 0 Å². The lowest BCUT2D eigenvalue weighted by atomic mass is 9.96. The SMILES string of the molecule is CC(C)CC(C)CC(=O)NCCCN1CCNCC1. The van der Waals surface area contributed by atoms with Crippen LogP contribution in [0.1, 0.15) is 40.0 Å². The molecule has 0 saturated carbocycles. The van der Waals surface area contributed by atoms with Crippen LogP contribution in [0.15, 0.2) is 0 Å². The third kappa shape index (κ3) is 8.22. The molecule has 4 nitrogen and oxygen atoms in total. The number of nitrogens with zero attached hydrogens (tertiary/aromatic N) is 1. The van der Waals surface area contributed by atoms with Crippen molar-refractivity contribution in [1.29, 1.82) is 0 Å². The van der Waals surface area contributed by atoms with E-state index in [1.165, 1.54) is 0 Å². The summed E-state index contributed by atoms with van der Waals surface area (Å²) < 4.78 is 0. The fourth-order valence-electron chi connectivity index (χ4n) is 2.74. The van der Waals surface area contributed by atoms with Gasteiger partial charge in [-0.15, -0.1) is 0 Å². The number of amides is 1. The van der Waals surface area contributed by atoms with E-state index < -0.39 is 0 Å². The van der Waals surface area contributed by atoms with Crippen molar-refractivity contribution in [2.24, 2.45) is 11.8 Å². The largest absolute Gasteiger partial charge is 0.356 e. The monoisotopic (exact) mass is 269 g/mol. The molecule has 1 heterocycles. The van der Waals surface area contributed by atoms with Crippen LogP contribution in [0, 0.1) is 11.8 Å². The number of nitrogens with one attached hydrogen (secondary N) is 2. The Morgan fingerprint density at radius 1 is 1.26 bits per heavy atom. The first-order valence-corrected chi connectivity index (χ1v) is 7.77. The zero-order valence-corrected chi connectivity index (χ0v) is 12.9. The minimum absolute atomic E-state index is 0.216. The number of carbonyl (C=O) groups is 1. The number of carbonyl (C=O) groups excluding carboxylic acids is 1. The molecule has 1 saturated heterocycles. The summed E-state index contributed by atoms with van der Waals surface area (Å²) in [6.45, 7) is 13.0. The third-order valence-electron chi connectivity index (χ3n) is 3.59. The van der Waals surface area contributed by atoms with Gasteiger partial charge in [0.15, 0.2) is 0 Å². The lowest BCUT2D eigenvalue weighted by Gasteiger charge is -2.27. The van der Waals surface area contributed by atoms with Gasteiger partial charge in [-0.3, -0.25) is 4.79 Å². The van der Waals surface area contributed by atoms with E-state index in [-0.39, 0.29) is 5.91 Å².